The normalized spacial score (nSPS) is 30.3. The van der Waals surface area contributed by atoms with E-state index in [2.05, 4.69) is 20.1 Å². The Morgan fingerprint density at radius 2 is 1.85 bits per heavy atom. The average Bonchev–Trinajstić information content (AvgIpc) is 4.01. The first-order valence-corrected chi connectivity index (χ1v) is 20.3. The first kappa shape index (κ1) is 38.8. The van der Waals surface area contributed by atoms with Crippen LogP contribution in [0.1, 0.15) is 89.3 Å². The van der Waals surface area contributed by atoms with Crippen LogP contribution >= 0.6 is 0 Å². The van der Waals surface area contributed by atoms with E-state index >= 15 is 0 Å². The third-order valence-electron chi connectivity index (χ3n) is 11.9. The lowest BCUT2D eigenvalue weighted by Crippen LogP contribution is -2.58. The Hall–Kier alpha value is -4.41. The molecule has 1 spiro atoms. The number of sulfonamides is 1. The number of nitrogens with zero attached hydrogens (tertiary/aromatic N) is 2. The number of nitrogens with one attached hydrogen (secondary N) is 3. The predicted molar refractivity (Wildman–Crippen MR) is 193 cm³/mol. The molecule has 2 aromatic rings. The molecule has 1 aromatic carbocycles. The lowest BCUT2D eigenvalue weighted by atomic mass is 9.87. The number of pyridine rings is 1. The highest BCUT2D eigenvalue weighted by Gasteiger charge is 2.64. The molecule has 0 radical (unpaired) electrons. The number of benzene rings is 1. The van der Waals surface area contributed by atoms with E-state index in [0.29, 0.717) is 69.7 Å². The van der Waals surface area contributed by atoms with Gasteiger partial charge in [-0.1, -0.05) is 43.2 Å². The SMILES string of the molecule is Cc1nc2ccccc2c2c1O[C@]1(CC2)C[C@H]2C(=O)N[C@]3(C(=O)NS(=O)(=O)C4(C)CC4)CC3/C=C\CCCCC[C@H](NC(=O)OC(C)C(F)(F)F)C(=O)N2C1. The van der Waals surface area contributed by atoms with Crippen molar-refractivity contribution in [3.63, 3.8) is 0 Å². The molecule has 1 saturated heterocycles. The molecule has 1 aromatic heterocycles. The van der Waals surface area contributed by atoms with Gasteiger partial charge in [0.25, 0.3) is 5.91 Å². The summed E-state index contributed by atoms with van der Waals surface area (Å²) in [4.78, 5) is 61.8. The second-order valence-electron chi connectivity index (χ2n) is 16.0. The third kappa shape index (κ3) is 7.47. The van der Waals surface area contributed by atoms with Crippen LogP contribution in [0.3, 0.4) is 0 Å². The van der Waals surface area contributed by atoms with Crippen LogP contribution in [0, 0.1) is 12.8 Å². The predicted octanol–water partition coefficient (Wildman–Crippen LogP) is 4.65. The van der Waals surface area contributed by atoms with Gasteiger partial charge in [0.05, 0.1) is 22.5 Å². The van der Waals surface area contributed by atoms with Crippen molar-refractivity contribution >= 4 is 44.7 Å². The van der Waals surface area contributed by atoms with Crippen LogP contribution in [0.2, 0.25) is 0 Å². The summed E-state index contributed by atoms with van der Waals surface area (Å²) in [5.74, 6) is -2.30. The number of carbonyl (C=O) groups is 4. The number of allylic oxidation sites excluding steroid dienone is 1. The summed E-state index contributed by atoms with van der Waals surface area (Å²) in [7, 11) is -4.05. The molecule has 298 valence electrons. The first-order valence-electron chi connectivity index (χ1n) is 18.8. The Balaban J connectivity index is 1.22. The molecular formula is C38H46F3N5O8S. The van der Waals surface area contributed by atoms with Gasteiger partial charge in [-0.15, -0.1) is 0 Å². The second kappa shape index (κ2) is 14.0. The minimum Gasteiger partial charge on any atom is -0.483 e. The number of aryl methyl sites for hydroxylation is 2. The quantitative estimate of drug-likeness (QED) is 0.365. The van der Waals surface area contributed by atoms with Gasteiger partial charge >= 0.3 is 12.3 Å². The molecular weight excluding hydrogens is 744 g/mol. The number of hydrogen-bond acceptors (Lipinski definition) is 9. The highest BCUT2D eigenvalue weighted by atomic mass is 32.2. The molecule has 4 heterocycles. The van der Waals surface area contributed by atoms with Crippen molar-refractivity contribution in [1.82, 2.24) is 25.2 Å². The molecule has 7 rings (SSSR count). The number of alkyl halides is 3. The van der Waals surface area contributed by atoms with Gasteiger partial charge in [-0.3, -0.25) is 19.1 Å². The second-order valence-corrected chi connectivity index (χ2v) is 18.2. The molecule has 3 fully saturated rings. The van der Waals surface area contributed by atoms with Crippen LogP contribution in [0.4, 0.5) is 18.0 Å². The van der Waals surface area contributed by atoms with Crippen LogP contribution in [0.5, 0.6) is 5.75 Å². The molecule has 3 N–H and O–H groups in total. The number of halogens is 3. The van der Waals surface area contributed by atoms with Gasteiger partial charge < -0.3 is 25.0 Å². The van der Waals surface area contributed by atoms with Crippen LogP contribution in [-0.2, 0) is 35.6 Å². The zero-order valence-corrected chi connectivity index (χ0v) is 31.8. The number of ether oxygens (including phenoxy) is 2. The van der Waals surface area contributed by atoms with Crippen molar-refractivity contribution in [2.45, 2.75) is 132 Å². The number of alkyl carbamates (subject to hydrolysis) is 1. The van der Waals surface area contributed by atoms with Gasteiger partial charge in [0.15, 0.2) is 6.10 Å². The van der Waals surface area contributed by atoms with Crippen molar-refractivity contribution in [3.05, 3.63) is 47.7 Å². The third-order valence-corrected chi connectivity index (χ3v) is 14.1. The van der Waals surface area contributed by atoms with Crippen LogP contribution in [0.15, 0.2) is 36.4 Å². The molecule has 17 heteroatoms. The molecule has 3 aliphatic heterocycles. The van der Waals surface area contributed by atoms with E-state index < -0.39 is 80.0 Å². The Kier molecular flexibility index (Phi) is 9.86. The largest absolute Gasteiger partial charge is 0.483 e. The van der Waals surface area contributed by atoms with E-state index in [4.69, 9.17) is 9.72 Å². The standard InChI is InChI=1S/C38H46F3N5O8S/c1-22-30-26(25-12-9-10-13-27(25)42-22)15-16-36(54-30)20-29-31(47)44-37(33(49)45-55(51,52)35(3)17-18-35)19-24(37)11-7-5-4-6-8-14-28(32(48)46(29)21-36)43-34(50)53-23(2)38(39,40)41/h7,9-13,23-24,28-29H,4-6,8,14-21H2,1-3H3,(H,43,50)(H,44,47)(H,45,49)/b11-7-/t23?,24?,28-,29-,36+,37+/m0/s1. The van der Waals surface area contributed by atoms with E-state index in [9.17, 15) is 40.8 Å². The van der Waals surface area contributed by atoms with Crippen LogP contribution in [0.25, 0.3) is 10.9 Å². The molecule has 4 amide bonds. The number of fused-ring (bicyclic) bond motifs is 5. The summed E-state index contributed by atoms with van der Waals surface area (Å²) < 4.78 is 78.6. The molecule has 6 atom stereocenters. The van der Waals surface area contributed by atoms with Crippen molar-refractivity contribution in [1.29, 1.82) is 0 Å². The van der Waals surface area contributed by atoms with Gasteiger partial charge in [0.1, 0.15) is 29.0 Å². The lowest BCUT2D eigenvalue weighted by Gasteiger charge is -2.36. The number of aromatic nitrogens is 1. The lowest BCUT2D eigenvalue weighted by molar-refractivity contribution is -0.197. The van der Waals surface area contributed by atoms with E-state index in [1.807, 2.05) is 37.3 Å². The summed E-state index contributed by atoms with van der Waals surface area (Å²) in [6, 6.07) is 5.03. The number of hydrogen-bond donors (Lipinski definition) is 3. The Labute approximate surface area is 317 Å². The monoisotopic (exact) mass is 789 g/mol. The maximum atomic E-state index is 14.6. The van der Waals surface area contributed by atoms with Crippen LogP contribution < -0.4 is 20.1 Å². The van der Waals surface area contributed by atoms with Crippen molar-refractivity contribution in [2.24, 2.45) is 5.92 Å². The van der Waals surface area contributed by atoms with Crippen molar-refractivity contribution in [2.75, 3.05) is 6.54 Å². The Bertz CT molecular complexity index is 2060. The fraction of sp³-hybridized carbons (Fsp3) is 0.605. The molecule has 0 bridgehead atoms. The summed E-state index contributed by atoms with van der Waals surface area (Å²) in [6.07, 6.45) is -0.913. The van der Waals surface area contributed by atoms with Crippen LogP contribution in [-0.4, -0.2) is 88.9 Å². The summed E-state index contributed by atoms with van der Waals surface area (Å²) in [5.41, 5.74) is -0.373. The Morgan fingerprint density at radius 3 is 2.58 bits per heavy atom. The summed E-state index contributed by atoms with van der Waals surface area (Å²) >= 11 is 0. The fourth-order valence-corrected chi connectivity index (χ4v) is 9.36. The average molecular weight is 790 g/mol. The minimum absolute atomic E-state index is 0.0207. The maximum Gasteiger partial charge on any atom is 0.425 e. The molecule has 13 nitrogen and oxygen atoms in total. The molecule has 5 aliphatic rings. The number of carbonyl (C=O) groups excluding carboxylic acids is 4. The zero-order valence-electron chi connectivity index (χ0n) is 31.0. The number of para-hydroxylation sites is 1. The molecule has 55 heavy (non-hydrogen) atoms. The smallest absolute Gasteiger partial charge is 0.425 e. The van der Waals surface area contributed by atoms with Crippen molar-refractivity contribution in [3.8, 4) is 5.75 Å². The van der Waals surface area contributed by atoms with Gasteiger partial charge in [-0.2, -0.15) is 13.2 Å². The number of rotatable bonds is 5. The zero-order chi connectivity index (χ0) is 39.6. The summed E-state index contributed by atoms with van der Waals surface area (Å²) in [6.45, 7) is 3.93. The molecule has 2 saturated carbocycles. The molecule has 2 aliphatic carbocycles. The van der Waals surface area contributed by atoms with E-state index in [1.165, 1.54) is 4.90 Å². The topological polar surface area (TPSA) is 173 Å². The highest BCUT2D eigenvalue weighted by Crippen LogP contribution is 2.49. The van der Waals surface area contributed by atoms with Gasteiger partial charge in [0.2, 0.25) is 21.8 Å². The van der Waals surface area contributed by atoms with Crippen molar-refractivity contribution < 1.29 is 50.2 Å². The highest BCUT2D eigenvalue weighted by molar-refractivity contribution is 7.91. The van der Waals surface area contributed by atoms with Gasteiger partial charge in [-0.25, -0.2) is 18.2 Å². The number of amides is 4. The maximum absolute atomic E-state index is 14.6. The van der Waals surface area contributed by atoms with E-state index in [-0.39, 0.29) is 25.8 Å². The molecule has 2 unspecified atom stereocenters. The van der Waals surface area contributed by atoms with Gasteiger partial charge in [0, 0.05) is 23.3 Å². The minimum atomic E-state index is -4.83. The first-order chi connectivity index (χ1) is 25.9. The fourth-order valence-electron chi connectivity index (χ4n) is 8.05. The summed E-state index contributed by atoms with van der Waals surface area (Å²) in [5, 5.41) is 6.08. The van der Waals surface area contributed by atoms with E-state index in [0.717, 1.165) is 16.5 Å². The van der Waals surface area contributed by atoms with E-state index in [1.54, 1.807) is 13.0 Å². The Morgan fingerprint density at radius 1 is 1.11 bits per heavy atom. The van der Waals surface area contributed by atoms with Gasteiger partial charge in [-0.05, 0) is 78.2 Å².